The zero-order valence-electron chi connectivity index (χ0n) is 17.0. The van der Waals surface area contributed by atoms with E-state index in [2.05, 4.69) is 40.3 Å². The summed E-state index contributed by atoms with van der Waals surface area (Å²) < 4.78 is 11.6. The first kappa shape index (κ1) is 19.8. The summed E-state index contributed by atoms with van der Waals surface area (Å²) in [7, 11) is 1.73. The van der Waals surface area contributed by atoms with Gasteiger partial charge in [0.2, 0.25) is 0 Å². The van der Waals surface area contributed by atoms with Crippen LogP contribution in [-0.2, 0) is 11.3 Å². The quantitative estimate of drug-likeness (QED) is 0.647. The second kappa shape index (κ2) is 8.90. The van der Waals surface area contributed by atoms with Crippen LogP contribution in [0.2, 0.25) is 0 Å². The monoisotopic (exact) mass is 410 g/mol. The molecule has 3 aromatic rings. The van der Waals surface area contributed by atoms with Gasteiger partial charge in [0.05, 0.1) is 25.1 Å². The molecular weight excluding hydrogens is 384 g/mol. The van der Waals surface area contributed by atoms with Gasteiger partial charge in [0.1, 0.15) is 17.7 Å². The molecule has 1 N–H and O–H groups in total. The van der Waals surface area contributed by atoms with Crippen molar-refractivity contribution in [3.63, 3.8) is 0 Å². The van der Waals surface area contributed by atoms with Crippen molar-refractivity contribution in [1.82, 2.24) is 14.9 Å². The Morgan fingerprint density at radius 3 is 2.93 bits per heavy atom. The maximum Gasteiger partial charge on any atom is 0.188 e. The summed E-state index contributed by atoms with van der Waals surface area (Å²) in [6.07, 6.45) is -0.0556. The van der Waals surface area contributed by atoms with E-state index in [1.807, 2.05) is 30.5 Å². The van der Waals surface area contributed by atoms with Gasteiger partial charge in [-0.1, -0.05) is 18.2 Å². The van der Waals surface area contributed by atoms with Crippen molar-refractivity contribution in [2.24, 2.45) is 0 Å². The number of pyridine rings is 1. The van der Waals surface area contributed by atoms with E-state index >= 15 is 0 Å². The van der Waals surface area contributed by atoms with Crippen molar-refractivity contribution in [2.45, 2.75) is 26.5 Å². The van der Waals surface area contributed by atoms with Gasteiger partial charge in [0.15, 0.2) is 5.13 Å². The van der Waals surface area contributed by atoms with Crippen LogP contribution in [0.25, 0.3) is 0 Å². The van der Waals surface area contributed by atoms with Gasteiger partial charge in [-0.25, -0.2) is 9.97 Å². The first-order chi connectivity index (χ1) is 14.1. The number of morpholine rings is 1. The third-order valence-electron chi connectivity index (χ3n) is 4.94. The fourth-order valence-corrected chi connectivity index (χ4v) is 4.16. The number of nitrogens with one attached hydrogen (secondary N) is 1. The molecule has 4 rings (SSSR count). The molecule has 2 aromatic heterocycles. The maximum atomic E-state index is 6.04. The molecule has 0 amide bonds. The highest BCUT2D eigenvalue weighted by Crippen LogP contribution is 2.27. The van der Waals surface area contributed by atoms with E-state index in [1.54, 1.807) is 18.4 Å². The van der Waals surface area contributed by atoms with E-state index in [0.29, 0.717) is 6.61 Å². The zero-order valence-corrected chi connectivity index (χ0v) is 17.8. The highest BCUT2D eigenvalue weighted by molar-refractivity contribution is 7.13. The molecule has 7 heteroatoms. The van der Waals surface area contributed by atoms with Gasteiger partial charge < -0.3 is 14.8 Å². The molecule has 3 heterocycles. The molecule has 6 nitrogen and oxygen atoms in total. The molecule has 1 atom stereocenters. The number of aromatic nitrogens is 2. The summed E-state index contributed by atoms with van der Waals surface area (Å²) >= 11 is 1.58. The summed E-state index contributed by atoms with van der Waals surface area (Å²) in [5.41, 5.74) is 4.34. The molecule has 0 radical (unpaired) electrons. The Balaban J connectivity index is 1.45. The third kappa shape index (κ3) is 4.93. The molecule has 0 bridgehead atoms. The molecule has 0 spiro atoms. The van der Waals surface area contributed by atoms with E-state index in [-0.39, 0.29) is 6.10 Å². The average Bonchev–Trinajstić information content (AvgIpc) is 3.14. The number of anilines is 2. The highest BCUT2D eigenvalue weighted by atomic mass is 32.1. The van der Waals surface area contributed by atoms with Crippen LogP contribution in [-0.4, -0.2) is 41.7 Å². The van der Waals surface area contributed by atoms with Crippen LogP contribution in [0.5, 0.6) is 5.75 Å². The molecule has 1 saturated heterocycles. The number of nitrogens with zero attached hydrogens (tertiary/aromatic N) is 3. The van der Waals surface area contributed by atoms with Crippen LogP contribution in [0.15, 0.2) is 41.8 Å². The summed E-state index contributed by atoms with van der Waals surface area (Å²) in [6, 6.07) is 12.4. The molecule has 152 valence electrons. The SMILES string of the molecule is COc1cc(C)ccc1CN1CCO[C@@H](c2cccc(Nc3nc(C)cs3)n2)C1. The summed E-state index contributed by atoms with van der Waals surface area (Å²) in [5.74, 6) is 1.73. The van der Waals surface area contributed by atoms with Crippen LogP contribution in [0, 0.1) is 13.8 Å². The lowest BCUT2D eigenvalue weighted by Gasteiger charge is -2.33. The third-order valence-corrected chi connectivity index (χ3v) is 5.82. The molecule has 1 aliphatic heterocycles. The van der Waals surface area contributed by atoms with Crippen LogP contribution in [0.3, 0.4) is 0 Å². The van der Waals surface area contributed by atoms with Crippen LogP contribution in [0.1, 0.15) is 28.6 Å². The minimum absolute atomic E-state index is 0.0556. The minimum Gasteiger partial charge on any atom is -0.496 e. The fraction of sp³-hybridized carbons (Fsp3) is 0.364. The lowest BCUT2D eigenvalue weighted by Crippen LogP contribution is -2.38. The normalized spacial score (nSPS) is 17.3. The van der Waals surface area contributed by atoms with Crippen molar-refractivity contribution >= 4 is 22.3 Å². The number of hydrogen-bond acceptors (Lipinski definition) is 7. The van der Waals surface area contributed by atoms with Crippen LogP contribution < -0.4 is 10.1 Å². The molecule has 0 unspecified atom stereocenters. The molecule has 0 saturated carbocycles. The fourth-order valence-electron chi connectivity index (χ4n) is 3.47. The number of thiazole rings is 1. The Kier molecular flexibility index (Phi) is 6.08. The van der Waals surface area contributed by atoms with Gasteiger partial charge in [-0.3, -0.25) is 4.90 Å². The molecule has 1 fully saturated rings. The first-order valence-electron chi connectivity index (χ1n) is 9.74. The number of ether oxygens (including phenoxy) is 2. The first-order valence-corrected chi connectivity index (χ1v) is 10.6. The van der Waals surface area contributed by atoms with E-state index in [1.165, 1.54) is 11.1 Å². The number of hydrogen-bond donors (Lipinski definition) is 1. The number of methoxy groups -OCH3 is 1. The largest absolute Gasteiger partial charge is 0.496 e. The Morgan fingerprint density at radius 1 is 1.24 bits per heavy atom. The Labute approximate surface area is 175 Å². The summed E-state index contributed by atoms with van der Waals surface area (Å²) in [6.45, 7) is 7.27. The summed E-state index contributed by atoms with van der Waals surface area (Å²) in [4.78, 5) is 11.6. The number of rotatable bonds is 6. The lowest BCUT2D eigenvalue weighted by molar-refractivity contribution is -0.0350. The average molecular weight is 411 g/mol. The maximum absolute atomic E-state index is 6.04. The minimum atomic E-state index is -0.0556. The van der Waals surface area contributed by atoms with Crippen molar-refractivity contribution in [1.29, 1.82) is 0 Å². The van der Waals surface area contributed by atoms with E-state index in [0.717, 1.165) is 47.7 Å². The molecule has 1 aliphatic rings. The van der Waals surface area contributed by atoms with Gasteiger partial charge in [0.25, 0.3) is 0 Å². The number of aryl methyl sites for hydroxylation is 2. The van der Waals surface area contributed by atoms with E-state index in [4.69, 9.17) is 14.5 Å². The van der Waals surface area contributed by atoms with Crippen LogP contribution >= 0.6 is 11.3 Å². The van der Waals surface area contributed by atoms with Gasteiger partial charge in [-0.05, 0) is 37.6 Å². The molecular formula is C22H26N4O2S. The summed E-state index contributed by atoms with van der Waals surface area (Å²) in [5, 5.41) is 6.16. The van der Waals surface area contributed by atoms with Gasteiger partial charge in [-0.15, -0.1) is 11.3 Å². The predicted octanol–water partition coefficient (Wildman–Crippen LogP) is 4.48. The van der Waals surface area contributed by atoms with Crippen molar-refractivity contribution in [2.75, 3.05) is 32.1 Å². The topological polar surface area (TPSA) is 59.5 Å². The predicted molar refractivity (Wildman–Crippen MR) is 116 cm³/mol. The van der Waals surface area contributed by atoms with Gasteiger partial charge in [-0.2, -0.15) is 0 Å². The Bertz CT molecular complexity index is 975. The molecule has 1 aromatic carbocycles. The van der Waals surface area contributed by atoms with Crippen LogP contribution in [0.4, 0.5) is 10.9 Å². The Morgan fingerprint density at radius 2 is 2.14 bits per heavy atom. The van der Waals surface area contributed by atoms with Gasteiger partial charge in [0, 0.05) is 30.6 Å². The van der Waals surface area contributed by atoms with Crippen molar-refractivity contribution < 1.29 is 9.47 Å². The standard InChI is InChI=1S/C22H26N4O2S/c1-15-7-8-17(19(11-15)27-3)12-26-9-10-28-20(13-26)18-5-4-6-21(24-18)25-22-23-16(2)14-29-22/h4-8,11,14,20H,9-10,12-13H2,1-3H3,(H,23,24,25)/t20-/m1/s1. The molecule has 0 aliphatic carbocycles. The van der Waals surface area contributed by atoms with E-state index in [9.17, 15) is 0 Å². The lowest BCUT2D eigenvalue weighted by atomic mass is 10.1. The number of benzene rings is 1. The molecule has 29 heavy (non-hydrogen) atoms. The van der Waals surface area contributed by atoms with Gasteiger partial charge >= 0.3 is 0 Å². The Hall–Kier alpha value is -2.48. The second-order valence-electron chi connectivity index (χ2n) is 7.28. The van der Waals surface area contributed by atoms with E-state index < -0.39 is 0 Å². The van der Waals surface area contributed by atoms with Crippen molar-refractivity contribution in [3.05, 3.63) is 64.3 Å². The zero-order chi connectivity index (χ0) is 20.2. The van der Waals surface area contributed by atoms with Crippen molar-refractivity contribution in [3.8, 4) is 5.75 Å². The smallest absolute Gasteiger partial charge is 0.188 e. The second-order valence-corrected chi connectivity index (χ2v) is 8.13. The highest BCUT2D eigenvalue weighted by Gasteiger charge is 2.24.